The number of carbonyl (C=O) groups excluding carboxylic acids is 1. The Hall–Kier alpha value is -2.21. The van der Waals surface area contributed by atoms with Crippen molar-refractivity contribution < 1.29 is 18.0 Å². The van der Waals surface area contributed by atoms with Crippen LogP contribution in [0.2, 0.25) is 5.02 Å². The molecular weight excluding hydrogens is 293 g/mol. The number of anilines is 2. The number of carbonyl (C=O) groups is 1. The summed E-state index contributed by atoms with van der Waals surface area (Å²) in [5.41, 5.74) is 4.63. The van der Waals surface area contributed by atoms with Crippen molar-refractivity contribution in [3.8, 4) is 0 Å². The van der Waals surface area contributed by atoms with Gasteiger partial charge in [-0.2, -0.15) is 0 Å². The second kappa shape index (κ2) is 5.42. The fourth-order valence-corrected chi connectivity index (χ4v) is 1.78. The van der Waals surface area contributed by atoms with E-state index in [0.717, 1.165) is 24.3 Å². The molecule has 0 spiro atoms. The zero-order valence-electron chi connectivity index (χ0n) is 9.88. The number of nitrogens with one attached hydrogen (secondary N) is 1. The highest BCUT2D eigenvalue weighted by Gasteiger charge is 2.15. The van der Waals surface area contributed by atoms with Crippen molar-refractivity contribution in [1.29, 1.82) is 0 Å². The van der Waals surface area contributed by atoms with E-state index in [1.54, 1.807) is 0 Å². The van der Waals surface area contributed by atoms with Crippen LogP contribution in [0.1, 0.15) is 10.4 Å². The first-order chi connectivity index (χ1) is 9.38. The minimum Gasteiger partial charge on any atom is -0.396 e. The van der Waals surface area contributed by atoms with Gasteiger partial charge in [-0.3, -0.25) is 4.79 Å². The Balaban J connectivity index is 2.30. The molecule has 0 aromatic heterocycles. The standard InChI is InChI=1S/C13H8ClF3N2O/c14-8-3-6(15)1-2-7(8)13(20)19-12-5-11(18)9(16)4-10(12)17/h1-5H,18H2,(H,19,20). The Kier molecular flexibility index (Phi) is 3.85. The number of nitrogen functional groups attached to an aromatic ring is 1. The van der Waals surface area contributed by atoms with Gasteiger partial charge >= 0.3 is 0 Å². The summed E-state index contributed by atoms with van der Waals surface area (Å²) in [6.45, 7) is 0. The van der Waals surface area contributed by atoms with E-state index in [-0.39, 0.29) is 22.0 Å². The molecule has 2 rings (SSSR count). The predicted octanol–water partition coefficient (Wildman–Crippen LogP) is 3.59. The molecule has 0 unspecified atom stereocenters. The summed E-state index contributed by atoms with van der Waals surface area (Å²) >= 11 is 5.71. The molecule has 0 atom stereocenters. The highest BCUT2D eigenvalue weighted by atomic mass is 35.5. The van der Waals surface area contributed by atoms with Gasteiger partial charge < -0.3 is 11.1 Å². The third kappa shape index (κ3) is 2.85. The zero-order valence-corrected chi connectivity index (χ0v) is 10.6. The molecule has 104 valence electrons. The first-order valence-corrected chi connectivity index (χ1v) is 5.77. The molecule has 0 radical (unpaired) electrons. The Morgan fingerprint density at radius 1 is 1.10 bits per heavy atom. The molecule has 3 N–H and O–H groups in total. The van der Waals surface area contributed by atoms with Gasteiger partial charge in [-0.1, -0.05) is 11.6 Å². The number of amides is 1. The van der Waals surface area contributed by atoms with Crippen LogP contribution in [-0.2, 0) is 0 Å². The maximum atomic E-state index is 13.5. The molecule has 0 aliphatic rings. The third-order valence-electron chi connectivity index (χ3n) is 2.51. The molecular formula is C13H8ClF3N2O. The molecule has 2 aromatic carbocycles. The summed E-state index contributed by atoms with van der Waals surface area (Å²) in [4.78, 5) is 11.9. The van der Waals surface area contributed by atoms with Crippen LogP contribution in [0.5, 0.6) is 0 Å². The molecule has 0 saturated heterocycles. The lowest BCUT2D eigenvalue weighted by Crippen LogP contribution is -2.14. The van der Waals surface area contributed by atoms with Crippen molar-refractivity contribution in [1.82, 2.24) is 0 Å². The average molecular weight is 301 g/mol. The normalized spacial score (nSPS) is 10.4. The van der Waals surface area contributed by atoms with Gasteiger partial charge in [0.25, 0.3) is 5.91 Å². The second-order valence-electron chi connectivity index (χ2n) is 3.93. The first kappa shape index (κ1) is 14.2. The van der Waals surface area contributed by atoms with Crippen LogP contribution in [0, 0.1) is 17.5 Å². The van der Waals surface area contributed by atoms with E-state index in [2.05, 4.69) is 5.32 Å². The predicted molar refractivity (Wildman–Crippen MR) is 70.1 cm³/mol. The van der Waals surface area contributed by atoms with Gasteiger partial charge in [0, 0.05) is 6.07 Å². The van der Waals surface area contributed by atoms with Crippen LogP contribution in [-0.4, -0.2) is 5.91 Å². The zero-order chi connectivity index (χ0) is 14.9. The Morgan fingerprint density at radius 3 is 2.45 bits per heavy atom. The maximum Gasteiger partial charge on any atom is 0.257 e. The van der Waals surface area contributed by atoms with Crippen molar-refractivity contribution in [3.05, 3.63) is 58.4 Å². The van der Waals surface area contributed by atoms with E-state index in [1.807, 2.05) is 0 Å². The Morgan fingerprint density at radius 2 is 1.80 bits per heavy atom. The first-order valence-electron chi connectivity index (χ1n) is 5.39. The molecule has 2 aromatic rings. The quantitative estimate of drug-likeness (QED) is 0.833. The lowest BCUT2D eigenvalue weighted by molar-refractivity contribution is 0.102. The fraction of sp³-hybridized carbons (Fsp3) is 0. The molecule has 7 heteroatoms. The molecule has 3 nitrogen and oxygen atoms in total. The topological polar surface area (TPSA) is 55.1 Å². The van der Waals surface area contributed by atoms with Gasteiger partial charge in [0.2, 0.25) is 0 Å². The number of benzene rings is 2. The summed E-state index contributed by atoms with van der Waals surface area (Å²) in [6, 6.07) is 4.64. The Labute approximate surface area is 117 Å². The molecule has 20 heavy (non-hydrogen) atoms. The average Bonchev–Trinajstić information content (AvgIpc) is 2.35. The van der Waals surface area contributed by atoms with Gasteiger partial charge in [-0.15, -0.1) is 0 Å². The molecule has 0 heterocycles. The van der Waals surface area contributed by atoms with Crippen LogP contribution >= 0.6 is 11.6 Å². The molecule has 1 amide bonds. The molecule has 0 fully saturated rings. The van der Waals surface area contributed by atoms with Crippen LogP contribution < -0.4 is 11.1 Å². The van der Waals surface area contributed by atoms with Gasteiger partial charge in [0.15, 0.2) is 0 Å². The van der Waals surface area contributed by atoms with E-state index < -0.39 is 23.4 Å². The van der Waals surface area contributed by atoms with Gasteiger partial charge in [-0.05, 0) is 24.3 Å². The van der Waals surface area contributed by atoms with Crippen molar-refractivity contribution in [2.45, 2.75) is 0 Å². The molecule has 0 bridgehead atoms. The summed E-state index contributed by atoms with van der Waals surface area (Å²) in [6.07, 6.45) is 0. The van der Waals surface area contributed by atoms with Crippen molar-refractivity contribution >= 4 is 28.9 Å². The molecule has 0 aliphatic heterocycles. The highest BCUT2D eigenvalue weighted by Crippen LogP contribution is 2.23. The monoisotopic (exact) mass is 300 g/mol. The van der Waals surface area contributed by atoms with E-state index in [1.165, 1.54) is 0 Å². The summed E-state index contributed by atoms with van der Waals surface area (Å²) in [7, 11) is 0. The van der Waals surface area contributed by atoms with Crippen LogP contribution in [0.15, 0.2) is 30.3 Å². The summed E-state index contributed by atoms with van der Waals surface area (Å²) in [5, 5.41) is 2.06. The van der Waals surface area contributed by atoms with E-state index >= 15 is 0 Å². The summed E-state index contributed by atoms with van der Waals surface area (Å²) in [5.74, 6) is -3.28. The maximum absolute atomic E-state index is 13.5. The lowest BCUT2D eigenvalue weighted by Gasteiger charge is -2.09. The van der Waals surface area contributed by atoms with Crippen molar-refractivity contribution in [2.75, 3.05) is 11.1 Å². The third-order valence-corrected chi connectivity index (χ3v) is 2.82. The number of hydrogen-bond donors (Lipinski definition) is 2. The smallest absolute Gasteiger partial charge is 0.257 e. The van der Waals surface area contributed by atoms with Crippen molar-refractivity contribution in [2.24, 2.45) is 0 Å². The minimum atomic E-state index is -0.983. The largest absolute Gasteiger partial charge is 0.396 e. The summed E-state index contributed by atoms with van der Waals surface area (Å²) < 4.78 is 39.3. The second-order valence-corrected chi connectivity index (χ2v) is 4.34. The molecule has 0 aliphatic carbocycles. The highest BCUT2D eigenvalue weighted by molar-refractivity contribution is 6.34. The number of hydrogen-bond acceptors (Lipinski definition) is 2. The van der Waals surface area contributed by atoms with Crippen LogP contribution in [0.3, 0.4) is 0 Å². The van der Waals surface area contributed by atoms with Gasteiger partial charge in [0.1, 0.15) is 17.5 Å². The van der Waals surface area contributed by atoms with Gasteiger partial charge in [0.05, 0.1) is 22.0 Å². The van der Waals surface area contributed by atoms with Gasteiger partial charge in [-0.25, -0.2) is 13.2 Å². The van der Waals surface area contributed by atoms with Crippen molar-refractivity contribution in [3.63, 3.8) is 0 Å². The minimum absolute atomic E-state index is 0.0460. The van der Waals surface area contributed by atoms with E-state index in [0.29, 0.717) is 6.07 Å². The van der Waals surface area contributed by atoms with E-state index in [9.17, 15) is 18.0 Å². The Bertz CT molecular complexity index is 692. The van der Waals surface area contributed by atoms with Crippen LogP contribution in [0.4, 0.5) is 24.5 Å². The number of nitrogens with two attached hydrogens (primary N) is 1. The fourth-order valence-electron chi connectivity index (χ4n) is 1.52. The SMILES string of the molecule is Nc1cc(NC(=O)c2ccc(F)cc2Cl)c(F)cc1F. The number of rotatable bonds is 2. The van der Waals surface area contributed by atoms with E-state index in [4.69, 9.17) is 17.3 Å². The molecule has 0 saturated carbocycles. The number of halogens is 4. The lowest BCUT2D eigenvalue weighted by atomic mass is 10.2. The van der Waals surface area contributed by atoms with Crippen LogP contribution in [0.25, 0.3) is 0 Å².